The fourth-order valence-corrected chi connectivity index (χ4v) is 3.90. The number of aryl methyl sites for hydroxylation is 1. The lowest BCUT2D eigenvalue weighted by atomic mass is 10.2. The van der Waals surface area contributed by atoms with Gasteiger partial charge in [0.05, 0.1) is 22.1 Å². The molecule has 3 N–H and O–H groups in total. The van der Waals surface area contributed by atoms with Crippen LogP contribution in [-0.4, -0.2) is 39.7 Å². The van der Waals surface area contributed by atoms with Gasteiger partial charge in [-0.3, -0.25) is 4.98 Å². The number of pyridine rings is 1. The van der Waals surface area contributed by atoms with Crippen molar-refractivity contribution in [3.8, 4) is 11.4 Å². The Hall–Kier alpha value is -3.11. The predicted octanol–water partition coefficient (Wildman–Crippen LogP) is 4.34. The van der Waals surface area contributed by atoms with Gasteiger partial charge in [-0.25, -0.2) is 14.4 Å². The third-order valence-electron chi connectivity index (χ3n) is 4.53. The minimum absolute atomic E-state index is 0.169. The molecular weight excluding hydrogens is 405 g/mol. The fraction of sp³-hybridized carbons (Fsp3) is 0.300. The van der Waals surface area contributed by atoms with Crippen LogP contribution < -0.4 is 16.0 Å². The molecule has 0 aliphatic carbocycles. The molecule has 0 bridgehead atoms. The van der Waals surface area contributed by atoms with E-state index in [1.165, 1.54) is 17.5 Å². The van der Waals surface area contributed by atoms with Crippen LogP contribution in [0.3, 0.4) is 0 Å². The van der Waals surface area contributed by atoms with Crippen LogP contribution in [0.2, 0.25) is 0 Å². The molecule has 0 unspecified atom stereocenters. The molecule has 30 heavy (non-hydrogen) atoms. The summed E-state index contributed by atoms with van der Waals surface area (Å²) < 4.78 is 20.4. The summed E-state index contributed by atoms with van der Waals surface area (Å²) in [5.74, 6) is 1.78. The Labute approximate surface area is 176 Å². The van der Waals surface area contributed by atoms with E-state index in [1.807, 2.05) is 19.4 Å². The van der Waals surface area contributed by atoms with E-state index in [0.29, 0.717) is 34.3 Å². The summed E-state index contributed by atoms with van der Waals surface area (Å²) in [7, 11) is 1.92. The first-order chi connectivity index (χ1) is 14.5. The first kappa shape index (κ1) is 20.2. The van der Waals surface area contributed by atoms with E-state index in [-0.39, 0.29) is 6.04 Å². The zero-order chi connectivity index (χ0) is 21.1. The van der Waals surface area contributed by atoms with Crippen LogP contribution in [-0.2, 0) is 0 Å². The van der Waals surface area contributed by atoms with E-state index in [2.05, 4.69) is 43.0 Å². The number of hydrogen-bond acceptors (Lipinski definition) is 9. The molecule has 0 fully saturated rings. The summed E-state index contributed by atoms with van der Waals surface area (Å²) >= 11 is 1.51. The van der Waals surface area contributed by atoms with E-state index >= 15 is 0 Å². The van der Waals surface area contributed by atoms with Gasteiger partial charge in [-0.15, -0.1) is 11.3 Å². The van der Waals surface area contributed by atoms with Crippen molar-refractivity contribution < 1.29 is 8.91 Å². The number of halogens is 1. The number of fused-ring (bicyclic) bond motifs is 1. The highest BCUT2D eigenvalue weighted by Crippen LogP contribution is 2.37. The molecule has 0 aliphatic heterocycles. The normalized spacial score (nSPS) is 12.3. The third-order valence-corrected chi connectivity index (χ3v) is 5.51. The molecule has 156 valence electrons. The Kier molecular flexibility index (Phi) is 5.86. The Morgan fingerprint density at radius 1 is 1.30 bits per heavy atom. The zero-order valence-corrected chi connectivity index (χ0v) is 17.7. The predicted molar refractivity (Wildman–Crippen MR) is 117 cm³/mol. The van der Waals surface area contributed by atoms with Gasteiger partial charge in [-0.1, -0.05) is 5.16 Å². The summed E-state index contributed by atoms with van der Waals surface area (Å²) in [6, 6.07) is 3.54. The largest absolute Gasteiger partial charge is 0.366 e. The quantitative estimate of drug-likeness (QED) is 0.382. The van der Waals surface area contributed by atoms with Crippen LogP contribution in [0, 0.1) is 12.7 Å². The van der Waals surface area contributed by atoms with E-state index in [1.54, 1.807) is 12.1 Å². The number of rotatable bonds is 8. The summed E-state index contributed by atoms with van der Waals surface area (Å²) in [4.78, 5) is 13.1. The van der Waals surface area contributed by atoms with Gasteiger partial charge in [0.15, 0.2) is 17.5 Å². The monoisotopic (exact) mass is 427 g/mol. The highest BCUT2D eigenvalue weighted by molar-refractivity contribution is 7.18. The fourth-order valence-electron chi connectivity index (χ4n) is 3.01. The lowest BCUT2D eigenvalue weighted by Gasteiger charge is -2.16. The maximum Gasteiger partial charge on any atom is 0.174 e. The molecule has 10 heteroatoms. The minimum Gasteiger partial charge on any atom is -0.366 e. The lowest BCUT2D eigenvalue weighted by Crippen LogP contribution is -2.22. The molecule has 0 saturated heterocycles. The molecule has 1 atom stereocenters. The first-order valence-corrected chi connectivity index (χ1v) is 10.4. The third kappa shape index (κ3) is 4.24. The second-order valence-corrected chi connectivity index (χ2v) is 7.84. The summed E-state index contributed by atoms with van der Waals surface area (Å²) in [5.41, 5.74) is 1.74. The van der Waals surface area contributed by atoms with Crippen molar-refractivity contribution in [2.45, 2.75) is 26.3 Å². The highest BCUT2D eigenvalue weighted by atomic mass is 32.1. The van der Waals surface area contributed by atoms with Crippen molar-refractivity contribution in [2.75, 3.05) is 24.2 Å². The van der Waals surface area contributed by atoms with Crippen LogP contribution in [0.1, 0.15) is 19.1 Å². The van der Waals surface area contributed by atoms with Crippen LogP contribution in [0.15, 0.2) is 34.4 Å². The molecule has 0 radical (unpaired) electrons. The number of nitrogens with one attached hydrogen (secondary N) is 3. The maximum atomic E-state index is 14.4. The standard InChI is InChI=1S/C20H22FN7OS/c1-11(4-6-22-3)24-20-18-17(15(10-30-18)25-16-8-12(2)29-28-16)26-19(27-20)13-5-7-23-9-14(13)21/h5,7-11,22H,4,6H2,1-3H3,(H,25,28)(H,24,26,27)/t11-/m0/s1. The molecule has 4 heterocycles. The van der Waals surface area contributed by atoms with E-state index in [9.17, 15) is 4.39 Å². The van der Waals surface area contributed by atoms with Gasteiger partial charge < -0.3 is 20.5 Å². The van der Waals surface area contributed by atoms with Gasteiger partial charge in [-0.05, 0) is 39.9 Å². The van der Waals surface area contributed by atoms with E-state index in [4.69, 9.17) is 4.52 Å². The van der Waals surface area contributed by atoms with Crippen molar-refractivity contribution in [3.05, 3.63) is 41.5 Å². The molecule has 0 spiro atoms. The minimum atomic E-state index is -0.470. The van der Waals surface area contributed by atoms with Crippen LogP contribution in [0.5, 0.6) is 0 Å². The molecular formula is C20H22FN7OS. The molecule has 0 amide bonds. The van der Waals surface area contributed by atoms with Crippen molar-refractivity contribution in [3.63, 3.8) is 0 Å². The average Bonchev–Trinajstić information content (AvgIpc) is 3.33. The number of thiophene rings is 1. The number of aromatic nitrogens is 4. The van der Waals surface area contributed by atoms with Gasteiger partial charge in [0.25, 0.3) is 0 Å². The SMILES string of the molecule is CNCC[C@H](C)Nc1nc(-c2ccncc2F)nc2c(Nc3cc(C)on3)csc12. The van der Waals surface area contributed by atoms with Crippen molar-refractivity contribution in [1.82, 2.24) is 25.4 Å². The number of hydrogen-bond donors (Lipinski definition) is 3. The van der Waals surface area contributed by atoms with Crippen molar-refractivity contribution >= 4 is 38.9 Å². The highest BCUT2D eigenvalue weighted by Gasteiger charge is 2.18. The maximum absolute atomic E-state index is 14.4. The second kappa shape index (κ2) is 8.72. The molecule has 4 aromatic rings. The molecule has 0 aromatic carbocycles. The van der Waals surface area contributed by atoms with Crippen LogP contribution >= 0.6 is 11.3 Å². The summed E-state index contributed by atoms with van der Waals surface area (Å²) in [6.45, 7) is 4.78. The summed E-state index contributed by atoms with van der Waals surface area (Å²) in [6.07, 6.45) is 3.60. The van der Waals surface area contributed by atoms with Gasteiger partial charge in [0, 0.05) is 23.7 Å². The number of anilines is 3. The molecule has 4 aromatic heterocycles. The first-order valence-electron chi connectivity index (χ1n) is 9.55. The summed E-state index contributed by atoms with van der Waals surface area (Å²) in [5, 5.41) is 15.7. The smallest absolute Gasteiger partial charge is 0.174 e. The molecule has 4 rings (SSSR count). The van der Waals surface area contributed by atoms with Crippen LogP contribution in [0.4, 0.5) is 21.7 Å². The second-order valence-electron chi connectivity index (χ2n) is 6.96. The molecule has 8 nitrogen and oxygen atoms in total. The van der Waals surface area contributed by atoms with Gasteiger partial charge in [0.1, 0.15) is 17.1 Å². The zero-order valence-electron chi connectivity index (χ0n) is 16.9. The average molecular weight is 428 g/mol. The van der Waals surface area contributed by atoms with Gasteiger partial charge >= 0.3 is 0 Å². The van der Waals surface area contributed by atoms with Crippen LogP contribution in [0.25, 0.3) is 21.6 Å². The lowest BCUT2D eigenvalue weighted by molar-refractivity contribution is 0.400. The Morgan fingerprint density at radius 2 is 2.17 bits per heavy atom. The van der Waals surface area contributed by atoms with Gasteiger partial charge in [-0.2, -0.15) is 0 Å². The Morgan fingerprint density at radius 3 is 2.90 bits per heavy atom. The molecule has 0 saturated carbocycles. The van der Waals surface area contributed by atoms with Crippen molar-refractivity contribution in [2.24, 2.45) is 0 Å². The topological polar surface area (TPSA) is 101 Å². The Balaban J connectivity index is 1.79. The van der Waals surface area contributed by atoms with Crippen molar-refractivity contribution in [1.29, 1.82) is 0 Å². The van der Waals surface area contributed by atoms with E-state index < -0.39 is 5.82 Å². The number of nitrogens with zero attached hydrogens (tertiary/aromatic N) is 4. The van der Waals surface area contributed by atoms with E-state index in [0.717, 1.165) is 29.5 Å². The Bertz CT molecular complexity index is 1160. The van der Waals surface area contributed by atoms with Gasteiger partial charge in [0.2, 0.25) is 0 Å². The molecule has 0 aliphatic rings.